The molecule has 1 atom stereocenters. The molecule has 2 aromatic carbocycles. The summed E-state index contributed by atoms with van der Waals surface area (Å²) in [5, 5.41) is 0.806. The molecular formula is C23H22F3N3O4S2. The lowest BCUT2D eigenvalue weighted by Crippen LogP contribution is -2.42. The van der Waals surface area contributed by atoms with Crippen molar-refractivity contribution in [2.24, 2.45) is 4.99 Å². The minimum absolute atomic E-state index is 0.171. The van der Waals surface area contributed by atoms with Crippen LogP contribution < -0.4 is 4.72 Å². The van der Waals surface area contributed by atoms with E-state index in [1.165, 1.54) is 19.2 Å². The number of amidine groups is 1. The van der Waals surface area contributed by atoms with Crippen LogP contribution in [0.25, 0.3) is 0 Å². The molecular weight excluding hydrogens is 503 g/mol. The van der Waals surface area contributed by atoms with Crippen molar-refractivity contribution in [2.45, 2.75) is 30.5 Å². The Labute approximate surface area is 205 Å². The van der Waals surface area contributed by atoms with E-state index in [1.54, 1.807) is 30.8 Å². The van der Waals surface area contributed by atoms with Crippen molar-refractivity contribution in [3.63, 3.8) is 0 Å². The fourth-order valence-corrected chi connectivity index (χ4v) is 6.10. The summed E-state index contributed by atoms with van der Waals surface area (Å²) in [6, 6.07) is 9.44. The predicted molar refractivity (Wildman–Crippen MR) is 127 cm³/mol. The first kappa shape index (κ1) is 25.1. The van der Waals surface area contributed by atoms with Crippen LogP contribution in [-0.2, 0) is 25.7 Å². The molecule has 7 nitrogen and oxygen atoms in total. The SMILES string of the molecule is COC(=O)C1=C(C)N=C2SCCCN2C1c1ccc(NS(=O)(=O)c2cccc(C(F)(F)F)c2)cc1. The van der Waals surface area contributed by atoms with Gasteiger partial charge in [-0.05, 0) is 49.2 Å². The minimum atomic E-state index is -4.66. The quantitative estimate of drug-likeness (QED) is 0.564. The zero-order valence-corrected chi connectivity index (χ0v) is 20.4. The van der Waals surface area contributed by atoms with E-state index in [2.05, 4.69) is 9.71 Å². The average molecular weight is 526 g/mol. The number of carbonyl (C=O) groups excluding carboxylic acids is 1. The van der Waals surface area contributed by atoms with Gasteiger partial charge in [0.1, 0.15) is 0 Å². The third-order valence-electron chi connectivity index (χ3n) is 5.61. The molecule has 0 amide bonds. The van der Waals surface area contributed by atoms with E-state index in [0.29, 0.717) is 23.9 Å². The molecule has 2 heterocycles. The van der Waals surface area contributed by atoms with E-state index in [1.807, 2.05) is 4.90 Å². The molecule has 4 rings (SSSR count). The topological polar surface area (TPSA) is 88.1 Å². The minimum Gasteiger partial charge on any atom is -0.466 e. The second-order valence-corrected chi connectivity index (χ2v) is 10.7. The Morgan fingerprint density at radius 2 is 1.91 bits per heavy atom. The van der Waals surface area contributed by atoms with Gasteiger partial charge in [0.05, 0.1) is 34.9 Å². The number of alkyl halides is 3. The van der Waals surface area contributed by atoms with Gasteiger partial charge in [0.2, 0.25) is 0 Å². The van der Waals surface area contributed by atoms with Gasteiger partial charge >= 0.3 is 12.1 Å². The maximum Gasteiger partial charge on any atom is 0.416 e. The summed E-state index contributed by atoms with van der Waals surface area (Å²) < 4.78 is 71.7. The number of thioether (sulfide) groups is 1. The van der Waals surface area contributed by atoms with Crippen molar-refractivity contribution in [3.8, 4) is 0 Å². The van der Waals surface area contributed by atoms with Gasteiger partial charge in [-0.15, -0.1) is 0 Å². The molecule has 1 saturated heterocycles. The molecule has 1 N–H and O–H groups in total. The lowest BCUT2D eigenvalue weighted by atomic mass is 9.94. The number of fused-ring (bicyclic) bond motifs is 1. The van der Waals surface area contributed by atoms with Gasteiger partial charge in [0.25, 0.3) is 10.0 Å². The molecule has 0 saturated carbocycles. The molecule has 12 heteroatoms. The van der Waals surface area contributed by atoms with Crippen molar-refractivity contribution in [1.29, 1.82) is 0 Å². The van der Waals surface area contributed by atoms with Crippen molar-refractivity contribution in [2.75, 3.05) is 24.1 Å². The van der Waals surface area contributed by atoms with Crippen LogP contribution in [0.2, 0.25) is 0 Å². The monoisotopic (exact) mass is 525 g/mol. The van der Waals surface area contributed by atoms with Gasteiger partial charge in [-0.25, -0.2) is 18.2 Å². The van der Waals surface area contributed by atoms with Gasteiger partial charge in [0, 0.05) is 18.0 Å². The Balaban J connectivity index is 1.63. The number of rotatable bonds is 5. The Morgan fingerprint density at radius 3 is 2.57 bits per heavy atom. The molecule has 2 aliphatic rings. The van der Waals surface area contributed by atoms with Crippen LogP contribution in [0.15, 0.2) is 69.7 Å². The summed E-state index contributed by atoms with van der Waals surface area (Å²) in [6.07, 6.45) is -3.76. The van der Waals surface area contributed by atoms with Gasteiger partial charge in [-0.1, -0.05) is 30.0 Å². The number of hydrogen-bond acceptors (Lipinski definition) is 7. The van der Waals surface area contributed by atoms with E-state index >= 15 is 0 Å². The van der Waals surface area contributed by atoms with Gasteiger partial charge < -0.3 is 9.64 Å². The van der Waals surface area contributed by atoms with Crippen LogP contribution >= 0.6 is 11.8 Å². The maximum absolute atomic E-state index is 13.0. The smallest absolute Gasteiger partial charge is 0.416 e. The number of benzene rings is 2. The number of ether oxygens (including phenoxy) is 1. The molecule has 2 aromatic rings. The molecule has 0 aromatic heterocycles. The molecule has 35 heavy (non-hydrogen) atoms. The largest absolute Gasteiger partial charge is 0.466 e. The zero-order chi connectivity index (χ0) is 25.4. The van der Waals surface area contributed by atoms with Crippen LogP contribution in [0, 0.1) is 0 Å². The maximum atomic E-state index is 13.0. The fourth-order valence-electron chi connectivity index (χ4n) is 3.97. The third-order valence-corrected chi connectivity index (χ3v) is 8.07. The van der Waals surface area contributed by atoms with E-state index in [4.69, 9.17) is 4.74 Å². The average Bonchev–Trinajstić information content (AvgIpc) is 2.82. The summed E-state index contributed by atoms with van der Waals surface area (Å²) in [6.45, 7) is 2.44. The number of aliphatic imine (C=N–C) groups is 1. The van der Waals surface area contributed by atoms with Crippen molar-refractivity contribution >= 4 is 38.6 Å². The molecule has 1 fully saturated rings. The van der Waals surface area contributed by atoms with Crippen LogP contribution in [0.4, 0.5) is 18.9 Å². The van der Waals surface area contributed by atoms with E-state index in [9.17, 15) is 26.4 Å². The van der Waals surface area contributed by atoms with Crippen molar-refractivity contribution in [1.82, 2.24) is 4.90 Å². The summed E-state index contributed by atoms with van der Waals surface area (Å²) >= 11 is 1.60. The Kier molecular flexibility index (Phi) is 6.87. The summed E-state index contributed by atoms with van der Waals surface area (Å²) in [5.41, 5.74) is 0.793. The predicted octanol–water partition coefficient (Wildman–Crippen LogP) is 4.80. The number of halogens is 3. The number of nitrogens with one attached hydrogen (secondary N) is 1. The van der Waals surface area contributed by atoms with Crippen LogP contribution in [0.1, 0.15) is 30.5 Å². The van der Waals surface area contributed by atoms with Crippen molar-refractivity contribution < 1.29 is 31.1 Å². The van der Waals surface area contributed by atoms with Crippen molar-refractivity contribution in [3.05, 3.63) is 70.9 Å². The van der Waals surface area contributed by atoms with Crippen LogP contribution in [0.5, 0.6) is 0 Å². The van der Waals surface area contributed by atoms with Crippen LogP contribution in [-0.4, -0.2) is 43.9 Å². The number of carbonyl (C=O) groups is 1. The number of hydrogen-bond donors (Lipinski definition) is 1. The summed E-state index contributed by atoms with van der Waals surface area (Å²) in [7, 11) is -2.95. The highest BCUT2D eigenvalue weighted by molar-refractivity contribution is 8.13. The second kappa shape index (κ2) is 9.57. The normalized spacial score (nSPS) is 18.6. The highest BCUT2D eigenvalue weighted by Gasteiger charge is 2.37. The Bertz CT molecular complexity index is 1310. The number of sulfonamides is 1. The van der Waals surface area contributed by atoms with Crippen LogP contribution in [0.3, 0.4) is 0 Å². The van der Waals surface area contributed by atoms with E-state index in [0.717, 1.165) is 41.1 Å². The highest BCUT2D eigenvalue weighted by atomic mass is 32.2. The van der Waals surface area contributed by atoms with E-state index in [-0.39, 0.29) is 5.69 Å². The number of allylic oxidation sites excluding steroid dienone is 1. The third kappa shape index (κ3) is 5.18. The van der Waals surface area contributed by atoms with Gasteiger partial charge in [-0.3, -0.25) is 4.72 Å². The Hall–Kier alpha value is -2.99. The summed E-state index contributed by atoms with van der Waals surface area (Å²) in [4.78, 5) is 18.7. The first-order valence-electron chi connectivity index (χ1n) is 10.6. The molecule has 0 aliphatic carbocycles. The first-order chi connectivity index (χ1) is 16.5. The van der Waals surface area contributed by atoms with Gasteiger partial charge in [0.15, 0.2) is 5.17 Å². The fraction of sp³-hybridized carbons (Fsp3) is 0.304. The number of anilines is 1. The lowest BCUT2D eigenvalue weighted by molar-refractivity contribution is -0.138. The molecule has 0 radical (unpaired) electrons. The molecule has 0 bridgehead atoms. The molecule has 1 unspecified atom stereocenters. The molecule has 0 spiro atoms. The lowest BCUT2D eigenvalue weighted by Gasteiger charge is -2.40. The number of methoxy groups -OCH3 is 1. The summed E-state index contributed by atoms with van der Waals surface area (Å²) in [5.74, 6) is 0.416. The standard InChI is InChI=1S/C23H22F3N3O4S2/c1-14-19(21(30)33-2)20(29-11-4-12-34-22(29)27-14)15-7-9-17(10-8-15)28-35(31,32)18-6-3-5-16(13-18)23(24,25)26/h3,5-10,13,20,28H,4,11-12H2,1-2H3. The number of esters is 1. The molecule has 186 valence electrons. The Morgan fingerprint density at radius 1 is 1.20 bits per heavy atom. The van der Waals surface area contributed by atoms with Gasteiger partial charge in [-0.2, -0.15) is 13.2 Å². The highest BCUT2D eigenvalue weighted by Crippen LogP contribution is 2.40. The first-order valence-corrected chi connectivity index (χ1v) is 13.1. The molecule has 2 aliphatic heterocycles. The second-order valence-electron chi connectivity index (χ2n) is 7.94. The number of nitrogens with zero attached hydrogens (tertiary/aromatic N) is 2. The zero-order valence-electron chi connectivity index (χ0n) is 18.8. The van der Waals surface area contributed by atoms with E-state index < -0.39 is 38.7 Å².